The number of rotatable bonds is 4. The van der Waals surface area contributed by atoms with E-state index in [1.54, 1.807) is 6.92 Å². The molecule has 0 saturated carbocycles. The minimum atomic E-state index is -3.84. The van der Waals surface area contributed by atoms with E-state index < -0.39 is 16.3 Å². The van der Waals surface area contributed by atoms with Crippen LogP contribution >= 0.6 is 0 Å². The van der Waals surface area contributed by atoms with Gasteiger partial charge >= 0.3 is 16.3 Å². The van der Waals surface area contributed by atoms with Gasteiger partial charge in [0.25, 0.3) is 0 Å². The molecule has 1 aliphatic rings. The number of ether oxygens (including phenoxy) is 1. The molecule has 1 amide bonds. The number of nitrogens with one attached hydrogen (secondary N) is 1. The molecular formula is C9H19N3O4S. The standard InChI is InChI=1S/C9H19N3O4S/c1-2-16-9(13)11-17(14,15)12-6-4-3-5-8(12)7-10/h8H,2-7,10H2,1H3,(H,11,13). The van der Waals surface area contributed by atoms with E-state index in [1.165, 1.54) is 4.31 Å². The molecule has 0 aromatic heterocycles. The van der Waals surface area contributed by atoms with Crippen molar-refractivity contribution in [1.82, 2.24) is 9.03 Å². The third kappa shape index (κ3) is 3.83. The molecule has 0 aromatic rings. The SMILES string of the molecule is CCOC(=O)NS(=O)(=O)N1CCCCC1CN. The number of amides is 1. The van der Waals surface area contributed by atoms with E-state index >= 15 is 0 Å². The van der Waals surface area contributed by atoms with Crippen LogP contribution in [0.2, 0.25) is 0 Å². The second-order valence-corrected chi connectivity index (χ2v) is 5.45. The molecule has 0 aromatic carbocycles. The Labute approximate surface area is 101 Å². The fourth-order valence-electron chi connectivity index (χ4n) is 1.85. The zero-order chi connectivity index (χ0) is 12.9. The van der Waals surface area contributed by atoms with Crippen molar-refractivity contribution in [2.24, 2.45) is 5.73 Å². The van der Waals surface area contributed by atoms with Gasteiger partial charge in [0.15, 0.2) is 0 Å². The first-order valence-electron chi connectivity index (χ1n) is 5.67. The molecule has 0 spiro atoms. The lowest BCUT2D eigenvalue weighted by Crippen LogP contribution is -2.52. The van der Waals surface area contributed by atoms with Crippen LogP contribution in [0.5, 0.6) is 0 Å². The molecule has 0 bridgehead atoms. The van der Waals surface area contributed by atoms with Crippen LogP contribution < -0.4 is 10.5 Å². The van der Waals surface area contributed by atoms with Gasteiger partial charge in [0.2, 0.25) is 0 Å². The number of carbonyl (C=O) groups is 1. The second-order valence-electron chi connectivity index (χ2n) is 3.82. The molecule has 1 atom stereocenters. The van der Waals surface area contributed by atoms with Crippen molar-refractivity contribution < 1.29 is 17.9 Å². The van der Waals surface area contributed by atoms with Crippen molar-refractivity contribution in [3.05, 3.63) is 0 Å². The summed E-state index contributed by atoms with van der Waals surface area (Å²) in [7, 11) is -3.84. The Morgan fingerprint density at radius 2 is 2.24 bits per heavy atom. The highest BCUT2D eigenvalue weighted by Gasteiger charge is 2.32. The molecule has 0 aliphatic carbocycles. The number of nitrogens with zero attached hydrogens (tertiary/aromatic N) is 1. The minimum absolute atomic E-state index is 0.127. The zero-order valence-corrected chi connectivity index (χ0v) is 10.7. The fourth-order valence-corrected chi connectivity index (χ4v) is 3.19. The summed E-state index contributed by atoms with van der Waals surface area (Å²) in [6, 6.07) is -0.240. The van der Waals surface area contributed by atoms with Gasteiger partial charge in [-0.3, -0.25) is 0 Å². The Morgan fingerprint density at radius 1 is 1.53 bits per heavy atom. The highest BCUT2D eigenvalue weighted by atomic mass is 32.2. The number of hydrogen-bond donors (Lipinski definition) is 2. The summed E-state index contributed by atoms with van der Waals surface area (Å²) in [4.78, 5) is 11.1. The first-order chi connectivity index (χ1) is 8.01. The molecule has 1 aliphatic heterocycles. The van der Waals surface area contributed by atoms with Crippen LogP contribution in [0.15, 0.2) is 0 Å². The second kappa shape index (κ2) is 6.18. The summed E-state index contributed by atoms with van der Waals surface area (Å²) in [5, 5.41) is 0. The topological polar surface area (TPSA) is 102 Å². The Bertz CT molecular complexity index is 357. The van der Waals surface area contributed by atoms with E-state index in [0.717, 1.165) is 19.3 Å². The van der Waals surface area contributed by atoms with Crippen LogP contribution in [0.1, 0.15) is 26.2 Å². The van der Waals surface area contributed by atoms with Gasteiger partial charge in [0.1, 0.15) is 0 Å². The lowest BCUT2D eigenvalue weighted by Gasteiger charge is -2.33. The van der Waals surface area contributed by atoms with E-state index in [1.807, 2.05) is 4.72 Å². The van der Waals surface area contributed by atoms with Gasteiger partial charge in [-0.2, -0.15) is 12.7 Å². The summed E-state index contributed by atoms with van der Waals surface area (Å²) in [5.41, 5.74) is 5.53. The van der Waals surface area contributed by atoms with E-state index in [9.17, 15) is 13.2 Å². The number of hydrogen-bond acceptors (Lipinski definition) is 5. The van der Waals surface area contributed by atoms with Gasteiger partial charge < -0.3 is 10.5 Å². The summed E-state index contributed by atoms with van der Waals surface area (Å²) in [6.45, 7) is 2.37. The monoisotopic (exact) mass is 265 g/mol. The Morgan fingerprint density at radius 3 is 2.82 bits per heavy atom. The molecule has 1 unspecified atom stereocenters. The van der Waals surface area contributed by atoms with Crippen molar-refractivity contribution in [3.63, 3.8) is 0 Å². The van der Waals surface area contributed by atoms with Crippen molar-refractivity contribution in [2.75, 3.05) is 19.7 Å². The summed E-state index contributed by atoms with van der Waals surface area (Å²) < 4.78 is 31.5. The van der Waals surface area contributed by atoms with E-state index in [4.69, 9.17) is 5.73 Å². The molecular weight excluding hydrogens is 246 g/mol. The van der Waals surface area contributed by atoms with E-state index in [2.05, 4.69) is 4.74 Å². The lowest BCUT2D eigenvalue weighted by atomic mass is 10.1. The maximum Gasteiger partial charge on any atom is 0.421 e. The van der Waals surface area contributed by atoms with Gasteiger partial charge in [0.05, 0.1) is 6.61 Å². The molecule has 100 valence electrons. The molecule has 1 rings (SSSR count). The van der Waals surface area contributed by atoms with Crippen LogP contribution in [0.3, 0.4) is 0 Å². The van der Waals surface area contributed by atoms with Crippen molar-refractivity contribution in [3.8, 4) is 0 Å². The Hall–Kier alpha value is -0.860. The largest absolute Gasteiger partial charge is 0.449 e. The third-order valence-corrected chi connectivity index (χ3v) is 4.16. The fraction of sp³-hybridized carbons (Fsp3) is 0.889. The molecule has 1 heterocycles. The van der Waals surface area contributed by atoms with Gasteiger partial charge in [0, 0.05) is 19.1 Å². The quantitative estimate of drug-likeness (QED) is 0.732. The van der Waals surface area contributed by atoms with Crippen molar-refractivity contribution in [1.29, 1.82) is 0 Å². The van der Waals surface area contributed by atoms with Crippen molar-refractivity contribution >= 4 is 16.3 Å². The smallest absolute Gasteiger partial charge is 0.421 e. The van der Waals surface area contributed by atoms with Crippen LogP contribution in [0, 0.1) is 0 Å². The predicted molar refractivity (Wildman–Crippen MR) is 62.5 cm³/mol. The lowest BCUT2D eigenvalue weighted by molar-refractivity contribution is 0.157. The highest BCUT2D eigenvalue weighted by molar-refractivity contribution is 7.87. The summed E-state index contributed by atoms with van der Waals surface area (Å²) in [5.74, 6) is 0. The minimum Gasteiger partial charge on any atom is -0.449 e. The van der Waals surface area contributed by atoms with Crippen LogP contribution in [0.4, 0.5) is 4.79 Å². The average Bonchev–Trinajstić information content (AvgIpc) is 2.28. The predicted octanol–water partition coefficient (Wildman–Crippen LogP) is -0.209. The van der Waals surface area contributed by atoms with Crippen LogP contribution in [-0.2, 0) is 14.9 Å². The molecule has 17 heavy (non-hydrogen) atoms. The van der Waals surface area contributed by atoms with Gasteiger partial charge in [-0.1, -0.05) is 6.42 Å². The number of carbonyl (C=O) groups excluding carboxylic acids is 1. The Balaban J connectivity index is 2.70. The van der Waals surface area contributed by atoms with Gasteiger partial charge in [-0.05, 0) is 19.8 Å². The summed E-state index contributed by atoms with van der Waals surface area (Å²) in [6.07, 6.45) is 1.50. The zero-order valence-electron chi connectivity index (χ0n) is 9.89. The van der Waals surface area contributed by atoms with Crippen molar-refractivity contribution in [2.45, 2.75) is 32.2 Å². The number of nitrogens with two attached hydrogens (primary N) is 1. The molecule has 3 N–H and O–H groups in total. The Kier molecular flexibility index (Phi) is 5.16. The van der Waals surface area contributed by atoms with E-state index in [-0.39, 0.29) is 19.2 Å². The molecule has 0 radical (unpaired) electrons. The average molecular weight is 265 g/mol. The third-order valence-electron chi connectivity index (χ3n) is 2.64. The molecule has 1 saturated heterocycles. The first-order valence-corrected chi connectivity index (χ1v) is 7.11. The first kappa shape index (κ1) is 14.2. The number of piperidine rings is 1. The molecule has 7 nitrogen and oxygen atoms in total. The maximum absolute atomic E-state index is 11.9. The van der Waals surface area contributed by atoms with Crippen LogP contribution in [-0.4, -0.2) is 44.6 Å². The molecule has 1 fully saturated rings. The van der Waals surface area contributed by atoms with Gasteiger partial charge in [-0.15, -0.1) is 0 Å². The highest BCUT2D eigenvalue weighted by Crippen LogP contribution is 2.18. The normalized spacial score (nSPS) is 22.1. The van der Waals surface area contributed by atoms with Gasteiger partial charge in [-0.25, -0.2) is 9.52 Å². The maximum atomic E-state index is 11.9. The summed E-state index contributed by atoms with van der Waals surface area (Å²) >= 11 is 0. The molecule has 8 heteroatoms. The van der Waals surface area contributed by atoms with Crippen LogP contribution in [0.25, 0.3) is 0 Å². The van der Waals surface area contributed by atoms with E-state index in [0.29, 0.717) is 6.54 Å².